The van der Waals surface area contributed by atoms with Crippen LogP contribution in [-0.4, -0.2) is 72.5 Å². The highest BCUT2D eigenvalue weighted by atomic mass is 19.1. The van der Waals surface area contributed by atoms with Crippen molar-refractivity contribution in [3.8, 4) is 22.8 Å². The lowest BCUT2D eigenvalue weighted by Crippen LogP contribution is -2.46. The van der Waals surface area contributed by atoms with E-state index in [1.807, 2.05) is 4.90 Å². The highest BCUT2D eigenvalue weighted by Gasteiger charge is 2.30. The number of carboxylic acid groups (broad SMARTS) is 1. The van der Waals surface area contributed by atoms with E-state index in [4.69, 9.17) is 9.47 Å². The van der Waals surface area contributed by atoms with Gasteiger partial charge in [0.1, 0.15) is 36.3 Å². The van der Waals surface area contributed by atoms with Gasteiger partial charge in [-0.2, -0.15) is 0 Å². The number of halogens is 2. The molecule has 222 valence electrons. The topological polar surface area (TPSA) is 109 Å². The Morgan fingerprint density at radius 1 is 1.12 bits per heavy atom. The molecule has 0 bridgehead atoms. The van der Waals surface area contributed by atoms with Gasteiger partial charge in [-0.05, 0) is 50.5 Å². The molecule has 0 unspecified atom stereocenters. The van der Waals surface area contributed by atoms with Crippen LogP contribution >= 0.6 is 0 Å². The summed E-state index contributed by atoms with van der Waals surface area (Å²) in [6, 6.07) is 12.5. The second-order valence-corrected chi connectivity index (χ2v) is 10.8. The first-order chi connectivity index (χ1) is 20.0. The van der Waals surface area contributed by atoms with Crippen LogP contribution in [0.5, 0.6) is 11.6 Å². The van der Waals surface area contributed by atoms with Crippen LogP contribution in [-0.2, 0) is 9.59 Å². The molecule has 1 aliphatic heterocycles. The fraction of sp³-hybridized carbons (Fsp3) is 0.355. The fourth-order valence-corrected chi connectivity index (χ4v) is 4.72. The van der Waals surface area contributed by atoms with Crippen molar-refractivity contribution in [1.82, 2.24) is 9.88 Å². The molecule has 11 heteroatoms. The standard InChI is InChI=1S/C31H33F2N3O6/c1-31(2,30(39)40)19-42-27-7-5-4-6-23(27)20-8-9-24(25(33)16-20)29(38)36-12-10-22(11-13-36)35(3)26-17-21(32)18-34-28(26)41-15-14-37/h4-9,14,16-18,22H,10-13,15,19H2,1-3H3,(H,39,40). The number of piperidine rings is 1. The van der Waals surface area contributed by atoms with Crippen LogP contribution in [0.2, 0.25) is 0 Å². The Kier molecular flexibility index (Phi) is 9.39. The van der Waals surface area contributed by atoms with Crippen molar-refractivity contribution in [3.05, 3.63) is 71.9 Å². The smallest absolute Gasteiger partial charge is 0.312 e. The molecule has 0 aliphatic carbocycles. The Morgan fingerprint density at radius 2 is 1.83 bits per heavy atom. The molecule has 0 radical (unpaired) electrons. The molecule has 2 aromatic carbocycles. The number of para-hydroxylation sites is 1. The Balaban J connectivity index is 1.44. The number of nitrogens with zero attached hydrogens (tertiary/aromatic N) is 3. The van der Waals surface area contributed by atoms with Crippen molar-refractivity contribution < 1.29 is 37.7 Å². The van der Waals surface area contributed by atoms with Gasteiger partial charge in [0.2, 0.25) is 5.88 Å². The molecule has 3 aromatic rings. The van der Waals surface area contributed by atoms with Gasteiger partial charge in [0.25, 0.3) is 5.91 Å². The first-order valence-electron chi connectivity index (χ1n) is 13.5. The number of likely N-dealkylation sites (tertiary alicyclic amines) is 1. The third-order valence-electron chi connectivity index (χ3n) is 7.33. The molecular weight excluding hydrogens is 548 g/mol. The lowest BCUT2D eigenvalue weighted by atomic mass is 9.95. The number of hydrogen-bond acceptors (Lipinski definition) is 7. The zero-order valence-electron chi connectivity index (χ0n) is 23.7. The van der Waals surface area contributed by atoms with Crippen molar-refractivity contribution in [2.24, 2.45) is 5.41 Å². The Labute approximate surface area is 242 Å². The Morgan fingerprint density at radius 3 is 2.50 bits per heavy atom. The fourth-order valence-electron chi connectivity index (χ4n) is 4.72. The van der Waals surface area contributed by atoms with Crippen molar-refractivity contribution in [3.63, 3.8) is 0 Å². The monoisotopic (exact) mass is 581 g/mol. The quantitative estimate of drug-likeness (QED) is 0.321. The van der Waals surface area contributed by atoms with Crippen LogP contribution in [0, 0.1) is 17.0 Å². The zero-order chi connectivity index (χ0) is 30.4. The van der Waals surface area contributed by atoms with E-state index >= 15 is 4.39 Å². The summed E-state index contributed by atoms with van der Waals surface area (Å²) in [5, 5.41) is 9.38. The number of carboxylic acids is 1. The van der Waals surface area contributed by atoms with Gasteiger partial charge in [0, 0.05) is 37.8 Å². The van der Waals surface area contributed by atoms with Gasteiger partial charge in [0.05, 0.1) is 17.2 Å². The van der Waals surface area contributed by atoms with E-state index in [2.05, 4.69) is 4.98 Å². The van der Waals surface area contributed by atoms with Crippen LogP contribution in [0.1, 0.15) is 37.0 Å². The Hall–Kier alpha value is -4.54. The van der Waals surface area contributed by atoms with E-state index < -0.39 is 28.9 Å². The van der Waals surface area contributed by atoms with Crippen LogP contribution in [0.15, 0.2) is 54.7 Å². The van der Waals surface area contributed by atoms with Gasteiger partial charge in [0.15, 0.2) is 6.29 Å². The summed E-state index contributed by atoms with van der Waals surface area (Å²) >= 11 is 0. The summed E-state index contributed by atoms with van der Waals surface area (Å²) in [7, 11) is 1.77. The number of carbonyl (C=O) groups is 3. The summed E-state index contributed by atoms with van der Waals surface area (Å²) in [6.45, 7) is 3.54. The van der Waals surface area contributed by atoms with E-state index in [9.17, 15) is 23.9 Å². The highest BCUT2D eigenvalue weighted by molar-refractivity contribution is 5.95. The number of benzene rings is 2. The number of aliphatic carboxylic acids is 1. The van der Waals surface area contributed by atoms with Crippen LogP contribution in [0.25, 0.3) is 11.1 Å². The summed E-state index contributed by atoms with van der Waals surface area (Å²) in [5.74, 6) is -2.10. The molecule has 1 saturated heterocycles. The number of pyridine rings is 1. The maximum atomic E-state index is 15.3. The molecule has 4 rings (SSSR count). The molecule has 0 spiro atoms. The van der Waals surface area contributed by atoms with E-state index in [1.54, 1.807) is 56.1 Å². The molecule has 1 aliphatic rings. The van der Waals surface area contributed by atoms with Crippen molar-refractivity contribution in [1.29, 1.82) is 0 Å². The molecule has 1 fully saturated rings. The molecule has 1 aromatic heterocycles. The van der Waals surface area contributed by atoms with Crippen LogP contribution < -0.4 is 14.4 Å². The predicted octanol–water partition coefficient (Wildman–Crippen LogP) is 4.84. The molecule has 1 amide bonds. The highest BCUT2D eigenvalue weighted by Crippen LogP contribution is 2.33. The second kappa shape index (κ2) is 13.0. The number of ether oxygens (including phenoxy) is 2. The summed E-state index contributed by atoms with van der Waals surface area (Å²) in [4.78, 5) is 42.8. The molecule has 1 N–H and O–H groups in total. The van der Waals surface area contributed by atoms with Crippen molar-refractivity contribution in [2.75, 3.05) is 38.3 Å². The zero-order valence-corrected chi connectivity index (χ0v) is 23.7. The number of anilines is 1. The van der Waals surface area contributed by atoms with E-state index in [1.165, 1.54) is 18.2 Å². The third kappa shape index (κ3) is 6.84. The number of amides is 1. The van der Waals surface area contributed by atoms with Gasteiger partial charge in [-0.25, -0.2) is 13.8 Å². The minimum Gasteiger partial charge on any atom is -0.492 e. The van der Waals surface area contributed by atoms with Gasteiger partial charge >= 0.3 is 5.97 Å². The number of aldehydes is 1. The average Bonchev–Trinajstić information content (AvgIpc) is 2.99. The first kappa shape index (κ1) is 30.4. The maximum absolute atomic E-state index is 15.3. The molecule has 2 heterocycles. The molecule has 42 heavy (non-hydrogen) atoms. The van der Waals surface area contributed by atoms with Gasteiger partial charge in [-0.15, -0.1) is 0 Å². The third-order valence-corrected chi connectivity index (χ3v) is 7.33. The minimum atomic E-state index is -1.11. The first-order valence-corrected chi connectivity index (χ1v) is 13.5. The Bertz CT molecular complexity index is 1460. The lowest BCUT2D eigenvalue weighted by molar-refractivity contribution is -0.148. The molecule has 0 saturated carbocycles. The van der Waals surface area contributed by atoms with Crippen molar-refractivity contribution >= 4 is 23.9 Å². The van der Waals surface area contributed by atoms with Crippen LogP contribution in [0.3, 0.4) is 0 Å². The normalized spacial score (nSPS) is 13.9. The lowest BCUT2D eigenvalue weighted by Gasteiger charge is -2.38. The van der Waals surface area contributed by atoms with Crippen LogP contribution in [0.4, 0.5) is 14.5 Å². The molecule has 0 atom stereocenters. The SMILES string of the molecule is CN(c1cc(F)cnc1OCC=O)C1CCN(C(=O)c2ccc(-c3ccccc3OCC(C)(C)C(=O)O)cc2F)CC1. The number of rotatable bonds is 11. The van der Waals surface area contributed by atoms with Crippen molar-refractivity contribution in [2.45, 2.75) is 32.7 Å². The number of hydrogen-bond donors (Lipinski definition) is 1. The van der Waals surface area contributed by atoms with E-state index in [-0.39, 0.29) is 30.7 Å². The summed E-state index contributed by atoms with van der Waals surface area (Å²) in [5.41, 5.74) is 0.291. The van der Waals surface area contributed by atoms with E-state index in [0.29, 0.717) is 54.8 Å². The second-order valence-electron chi connectivity index (χ2n) is 10.8. The predicted molar refractivity (Wildman–Crippen MR) is 152 cm³/mol. The van der Waals surface area contributed by atoms with E-state index in [0.717, 1.165) is 6.20 Å². The maximum Gasteiger partial charge on any atom is 0.312 e. The molecule has 9 nitrogen and oxygen atoms in total. The summed E-state index contributed by atoms with van der Waals surface area (Å²) < 4.78 is 40.4. The minimum absolute atomic E-state index is 0.0603. The van der Waals surface area contributed by atoms with Gasteiger partial charge in [-0.3, -0.25) is 14.4 Å². The average molecular weight is 582 g/mol. The van der Waals surface area contributed by atoms with Gasteiger partial charge < -0.3 is 24.4 Å². The molecular formula is C31H33F2N3O6. The number of carbonyl (C=O) groups excluding carboxylic acids is 2. The largest absolute Gasteiger partial charge is 0.492 e. The number of aromatic nitrogens is 1. The van der Waals surface area contributed by atoms with Gasteiger partial charge in [-0.1, -0.05) is 24.3 Å². The summed E-state index contributed by atoms with van der Waals surface area (Å²) in [6.07, 6.45) is 2.69.